The second-order valence-electron chi connectivity index (χ2n) is 8.16. The molecule has 1 saturated heterocycles. The molecule has 0 unspecified atom stereocenters. The van der Waals surface area contributed by atoms with Gasteiger partial charge in [-0.3, -0.25) is 19.8 Å². The van der Waals surface area contributed by atoms with E-state index in [2.05, 4.69) is 10.7 Å². The molecule has 188 valence electrons. The predicted octanol–water partition coefficient (Wildman–Crippen LogP) is 5.52. The number of rotatable bonds is 7. The number of aryl methyl sites for hydroxylation is 2. The van der Waals surface area contributed by atoms with E-state index in [-0.39, 0.29) is 27.4 Å². The molecule has 2 N–H and O–H groups in total. The molecule has 0 radical (unpaired) electrons. The van der Waals surface area contributed by atoms with Crippen LogP contribution in [0.3, 0.4) is 0 Å². The van der Waals surface area contributed by atoms with Crippen LogP contribution < -0.4 is 15.5 Å². The Balaban J connectivity index is 1.35. The molecule has 1 aliphatic rings. The van der Waals surface area contributed by atoms with Gasteiger partial charge in [-0.25, -0.2) is 0 Å². The van der Waals surface area contributed by atoms with E-state index in [0.29, 0.717) is 10.7 Å². The maximum atomic E-state index is 12.9. The smallest absolute Gasteiger partial charge is 0.285 e. The van der Waals surface area contributed by atoms with Crippen molar-refractivity contribution in [2.75, 3.05) is 11.9 Å². The van der Waals surface area contributed by atoms with Crippen LogP contribution in [0.5, 0.6) is 5.75 Å². The standard InChI is InChI=1S/C27H22ClN3O4S2/c1-16-7-12-20(21(28)13-16)25(33)30-31-26(34)23(37-27(31)36)14-18-8-10-19(11-9-18)35-15-24(32)29-22-6-4-3-5-17(22)2/h3-14H,15H2,1-2H3,(H,29,32)(H,30,33)/b23-14-. The van der Waals surface area contributed by atoms with E-state index in [9.17, 15) is 14.4 Å². The zero-order chi connectivity index (χ0) is 26.5. The van der Waals surface area contributed by atoms with E-state index in [1.807, 2.05) is 38.1 Å². The number of thiocarbonyl (C=S) groups is 1. The summed E-state index contributed by atoms with van der Waals surface area (Å²) in [6.45, 7) is 3.64. The van der Waals surface area contributed by atoms with E-state index < -0.39 is 11.8 Å². The fourth-order valence-corrected chi connectivity index (χ4v) is 4.89. The molecule has 4 rings (SSSR count). The minimum absolute atomic E-state index is 0.142. The van der Waals surface area contributed by atoms with Crippen molar-refractivity contribution in [3.8, 4) is 5.75 Å². The number of carbonyl (C=O) groups is 3. The molecule has 3 aromatic carbocycles. The van der Waals surface area contributed by atoms with Crippen molar-refractivity contribution in [1.82, 2.24) is 10.4 Å². The first kappa shape index (κ1) is 26.4. The summed E-state index contributed by atoms with van der Waals surface area (Å²) in [5, 5.41) is 4.14. The lowest BCUT2D eigenvalue weighted by Gasteiger charge is -2.16. The van der Waals surface area contributed by atoms with Crippen molar-refractivity contribution in [3.63, 3.8) is 0 Å². The van der Waals surface area contributed by atoms with E-state index in [1.165, 1.54) is 0 Å². The molecule has 1 heterocycles. The van der Waals surface area contributed by atoms with E-state index in [0.717, 1.165) is 39.1 Å². The number of ether oxygens (including phenoxy) is 1. The normalized spacial score (nSPS) is 14.1. The minimum Gasteiger partial charge on any atom is -0.484 e. The van der Waals surface area contributed by atoms with Gasteiger partial charge in [0.15, 0.2) is 10.9 Å². The monoisotopic (exact) mass is 551 g/mol. The third-order valence-electron chi connectivity index (χ3n) is 5.34. The van der Waals surface area contributed by atoms with Crippen molar-refractivity contribution in [1.29, 1.82) is 0 Å². The Labute approximate surface area is 228 Å². The summed E-state index contributed by atoms with van der Waals surface area (Å²) in [7, 11) is 0. The van der Waals surface area contributed by atoms with Gasteiger partial charge in [-0.1, -0.05) is 59.8 Å². The van der Waals surface area contributed by atoms with Gasteiger partial charge in [-0.05, 0) is 79.2 Å². The largest absolute Gasteiger partial charge is 0.484 e. The molecule has 37 heavy (non-hydrogen) atoms. The zero-order valence-electron chi connectivity index (χ0n) is 19.9. The molecule has 3 aromatic rings. The highest BCUT2D eigenvalue weighted by atomic mass is 35.5. The molecule has 0 bridgehead atoms. The number of thioether (sulfide) groups is 1. The number of halogens is 1. The van der Waals surface area contributed by atoms with Gasteiger partial charge in [0.25, 0.3) is 17.7 Å². The highest BCUT2D eigenvalue weighted by Crippen LogP contribution is 2.32. The maximum absolute atomic E-state index is 12.9. The fraction of sp³-hybridized carbons (Fsp3) is 0.111. The third-order valence-corrected chi connectivity index (χ3v) is 6.96. The number of nitrogens with one attached hydrogen (secondary N) is 2. The van der Waals surface area contributed by atoms with Crippen LogP contribution in [0.1, 0.15) is 27.0 Å². The van der Waals surface area contributed by atoms with Gasteiger partial charge in [0.05, 0.1) is 15.5 Å². The summed E-state index contributed by atoms with van der Waals surface area (Å²) in [4.78, 5) is 38.1. The first-order valence-corrected chi connectivity index (χ1v) is 12.7. The van der Waals surface area contributed by atoms with Crippen LogP contribution in [-0.2, 0) is 9.59 Å². The summed E-state index contributed by atoms with van der Waals surface area (Å²) < 4.78 is 5.77. The lowest BCUT2D eigenvalue weighted by molar-refractivity contribution is -0.123. The van der Waals surface area contributed by atoms with Crippen molar-refractivity contribution in [2.45, 2.75) is 13.8 Å². The highest BCUT2D eigenvalue weighted by molar-refractivity contribution is 8.26. The van der Waals surface area contributed by atoms with Crippen molar-refractivity contribution in [3.05, 3.63) is 98.9 Å². The van der Waals surface area contributed by atoms with Gasteiger partial charge < -0.3 is 10.1 Å². The Morgan fingerprint density at radius 2 is 1.81 bits per heavy atom. The Kier molecular flexibility index (Phi) is 8.27. The molecule has 7 nitrogen and oxygen atoms in total. The number of anilines is 1. The van der Waals surface area contributed by atoms with Gasteiger partial charge in [-0.2, -0.15) is 5.01 Å². The summed E-state index contributed by atoms with van der Waals surface area (Å²) in [6, 6.07) is 19.4. The van der Waals surface area contributed by atoms with Crippen LogP contribution in [0, 0.1) is 13.8 Å². The highest BCUT2D eigenvalue weighted by Gasteiger charge is 2.34. The van der Waals surface area contributed by atoms with Crippen LogP contribution in [-0.4, -0.2) is 33.7 Å². The molecule has 1 fully saturated rings. The maximum Gasteiger partial charge on any atom is 0.285 e. The number of nitrogens with zero attached hydrogens (tertiary/aromatic N) is 1. The van der Waals surface area contributed by atoms with Crippen molar-refractivity contribution < 1.29 is 19.1 Å². The average Bonchev–Trinajstić information content (AvgIpc) is 3.12. The quantitative estimate of drug-likeness (QED) is 0.297. The van der Waals surface area contributed by atoms with Gasteiger partial charge in [0.1, 0.15) is 5.75 Å². The molecular weight excluding hydrogens is 530 g/mol. The number of amides is 3. The molecule has 0 aromatic heterocycles. The SMILES string of the molecule is Cc1ccc(C(=O)NN2C(=O)/C(=C/c3ccc(OCC(=O)Nc4ccccc4C)cc3)SC2=S)c(Cl)c1. The van der Waals surface area contributed by atoms with Crippen molar-refractivity contribution in [2.24, 2.45) is 0 Å². The Bertz CT molecular complexity index is 1420. The summed E-state index contributed by atoms with van der Waals surface area (Å²) in [5.41, 5.74) is 6.11. The van der Waals surface area contributed by atoms with Gasteiger partial charge in [0.2, 0.25) is 0 Å². The van der Waals surface area contributed by atoms with Crippen LogP contribution in [0.15, 0.2) is 71.6 Å². The average molecular weight is 552 g/mol. The molecule has 3 amide bonds. The first-order chi connectivity index (χ1) is 17.7. The molecule has 0 atom stereocenters. The predicted molar refractivity (Wildman–Crippen MR) is 150 cm³/mol. The van der Waals surface area contributed by atoms with Crippen molar-refractivity contribution >= 4 is 69.4 Å². The molecule has 10 heteroatoms. The minimum atomic E-state index is -0.532. The Morgan fingerprint density at radius 3 is 2.51 bits per heavy atom. The second-order valence-corrected chi connectivity index (χ2v) is 10.2. The van der Waals surface area contributed by atoms with E-state index >= 15 is 0 Å². The summed E-state index contributed by atoms with van der Waals surface area (Å²) in [5.74, 6) is -0.738. The van der Waals surface area contributed by atoms with Gasteiger partial charge in [-0.15, -0.1) is 0 Å². The number of carbonyl (C=O) groups excluding carboxylic acids is 3. The van der Waals surface area contributed by atoms with Crippen LogP contribution in [0.2, 0.25) is 5.02 Å². The van der Waals surface area contributed by atoms with E-state index in [4.69, 9.17) is 28.6 Å². The van der Waals surface area contributed by atoms with Crippen LogP contribution in [0.25, 0.3) is 6.08 Å². The van der Waals surface area contributed by atoms with Gasteiger partial charge in [0, 0.05) is 5.69 Å². The Morgan fingerprint density at radius 1 is 1.08 bits per heavy atom. The number of hydrogen-bond donors (Lipinski definition) is 2. The fourth-order valence-electron chi connectivity index (χ4n) is 3.39. The molecule has 0 aliphatic carbocycles. The first-order valence-electron chi connectivity index (χ1n) is 11.1. The van der Waals surface area contributed by atoms with E-state index in [1.54, 1.807) is 48.5 Å². The molecule has 1 aliphatic heterocycles. The second kappa shape index (κ2) is 11.6. The van der Waals surface area contributed by atoms with Crippen LogP contribution in [0.4, 0.5) is 5.69 Å². The lowest BCUT2D eigenvalue weighted by atomic mass is 10.1. The number of hydrogen-bond acceptors (Lipinski definition) is 6. The summed E-state index contributed by atoms with van der Waals surface area (Å²) >= 11 is 12.5. The van der Waals surface area contributed by atoms with Crippen LogP contribution >= 0.6 is 35.6 Å². The zero-order valence-corrected chi connectivity index (χ0v) is 22.3. The molecule has 0 spiro atoms. The van der Waals surface area contributed by atoms with Gasteiger partial charge >= 0.3 is 0 Å². The number of hydrazine groups is 1. The molecular formula is C27H22ClN3O4S2. The number of benzene rings is 3. The third kappa shape index (κ3) is 6.56. The Hall–Kier alpha value is -3.66. The molecule has 0 saturated carbocycles. The topological polar surface area (TPSA) is 87.7 Å². The lowest BCUT2D eigenvalue weighted by Crippen LogP contribution is -2.44. The summed E-state index contributed by atoms with van der Waals surface area (Å²) in [6.07, 6.45) is 1.67. The number of para-hydroxylation sites is 1.